The van der Waals surface area contributed by atoms with Gasteiger partial charge in [-0.3, -0.25) is 9.59 Å². The molecule has 1 aromatic carbocycles. The number of rotatable bonds is 8. The van der Waals surface area contributed by atoms with Crippen LogP contribution < -0.4 is 9.47 Å². The summed E-state index contributed by atoms with van der Waals surface area (Å²) in [5.74, 6) is -0.0749. The third kappa shape index (κ3) is 4.63. The molecule has 1 aliphatic carbocycles. The minimum Gasteiger partial charge on any atom is -0.493 e. The topological polar surface area (TPSA) is 55.8 Å². The first-order chi connectivity index (χ1) is 12.9. The summed E-state index contributed by atoms with van der Waals surface area (Å²) in [6, 6.07) is 8.11. The second-order valence-electron chi connectivity index (χ2n) is 6.25. The number of ether oxygens (including phenoxy) is 2. The molecule has 0 unspecified atom stereocenters. The van der Waals surface area contributed by atoms with Gasteiger partial charge in [-0.2, -0.15) is 8.78 Å². The molecule has 2 aromatic rings. The van der Waals surface area contributed by atoms with E-state index in [4.69, 9.17) is 4.74 Å². The Morgan fingerprint density at radius 1 is 1.19 bits per heavy atom. The van der Waals surface area contributed by atoms with Gasteiger partial charge in [0, 0.05) is 12.6 Å². The molecule has 0 spiro atoms. The average molecular weight is 395 g/mol. The Balaban J connectivity index is 1.80. The fourth-order valence-electron chi connectivity index (χ4n) is 2.74. The van der Waals surface area contributed by atoms with Gasteiger partial charge in [-0.15, -0.1) is 11.3 Å². The number of ketones is 1. The Kier molecular flexibility index (Phi) is 5.74. The Hall–Kier alpha value is -2.48. The van der Waals surface area contributed by atoms with Crippen LogP contribution in [-0.4, -0.2) is 36.4 Å². The summed E-state index contributed by atoms with van der Waals surface area (Å²) in [4.78, 5) is 27.2. The van der Waals surface area contributed by atoms with Crippen LogP contribution in [0.2, 0.25) is 0 Å². The molecule has 27 heavy (non-hydrogen) atoms. The smallest absolute Gasteiger partial charge is 0.387 e. The second kappa shape index (κ2) is 8.04. The first-order valence-electron chi connectivity index (χ1n) is 8.42. The van der Waals surface area contributed by atoms with Crippen molar-refractivity contribution >= 4 is 23.0 Å². The SMILES string of the molecule is COc1cc(CN(C(=O)c2ccc(C(C)=O)s2)C2CC2)ccc1OC(F)F. The van der Waals surface area contributed by atoms with Gasteiger partial charge in [0.25, 0.3) is 5.91 Å². The molecule has 1 saturated carbocycles. The summed E-state index contributed by atoms with van der Waals surface area (Å²) >= 11 is 1.18. The van der Waals surface area contributed by atoms with Crippen LogP contribution in [0.15, 0.2) is 30.3 Å². The number of amides is 1. The molecule has 0 N–H and O–H groups in total. The molecule has 1 amide bonds. The van der Waals surface area contributed by atoms with Crippen LogP contribution in [-0.2, 0) is 6.54 Å². The highest BCUT2D eigenvalue weighted by molar-refractivity contribution is 7.15. The van der Waals surface area contributed by atoms with E-state index in [9.17, 15) is 18.4 Å². The zero-order valence-electron chi connectivity index (χ0n) is 14.9. The second-order valence-corrected chi connectivity index (χ2v) is 7.33. The fourth-order valence-corrected chi connectivity index (χ4v) is 3.59. The normalized spacial score (nSPS) is 13.5. The van der Waals surface area contributed by atoms with Gasteiger partial charge in [-0.1, -0.05) is 6.07 Å². The number of Topliss-reactive ketones (excluding diaryl/α,β-unsaturated/α-hetero) is 1. The van der Waals surface area contributed by atoms with Gasteiger partial charge in [0.2, 0.25) is 0 Å². The van der Waals surface area contributed by atoms with Gasteiger partial charge in [-0.05, 0) is 49.6 Å². The average Bonchev–Trinajstić information content (AvgIpc) is 3.34. The molecular formula is C19H19F2NO4S. The minimum atomic E-state index is -2.94. The van der Waals surface area contributed by atoms with Crippen molar-refractivity contribution in [1.29, 1.82) is 0 Å². The summed E-state index contributed by atoms with van der Waals surface area (Å²) in [7, 11) is 1.37. The van der Waals surface area contributed by atoms with E-state index >= 15 is 0 Å². The number of benzene rings is 1. The Morgan fingerprint density at radius 3 is 2.44 bits per heavy atom. The van der Waals surface area contributed by atoms with E-state index in [-0.39, 0.29) is 29.2 Å². The van der Waals surface area contributed by atoms with E-state index < -0.39 is 6.61 Å². The third-order valence-electron chi connectivity index (χ3n) is 4.21. The molecule has 8 heteroatoms. The minimum absolute atomic E-state index is 0.0510. The Bertz CT molecular complexity index is 848. The summed E-state index contributed by atoms with van der Waals surface area (Å²) in [6.07, 6.45) is 1.83. The van der Waals surface area contributed by atoms with Gasteiger partial charge in [-0.25, -0.2) is 0 Å². The van der Waals surface area contributed by atoms with Crippen molar-refractivity contribution in [1.82, 2.24) is 4.90 Å². The lowest BCUT2D eigenvalue weighted by Gasteiger charge is -2.22. The van der Waals surface area contributed by atoms with Crippen LogP contribution >= 0.6 is 11.3 Å². The molecule has 3 rings (SSSR count). The maximum atomic E-state index is 12.9. The number of alkyl halides is 2. The van der Waals surface area contributed by atoms with E-state index in [1.54, 1.807) is 29.2 Å². The zero-order chi connectivity index (χ0) is 19.6. The summed E-state index contributed by atoms with van der Waals surface area (Å²) in [6.45, 7) is -1.15. The lowest BCUT2D eigenvalue weighted by Crippen LogP contribution is -2.32. The number of methoxy groups -OCH3 is 1. The van der Waals surface area contributed by atoms with E-state index in [0.29, 0.717) is 16.3 Å². The van der Waals surface area contributed by atoms with Crippen LogP contribution in [0, 0.1) is 0 Å². The molecule has 0 radical (unpaired) electrons. The maximum Gasteiger partial charge on any atom is 0.387 e. The fraction of sp³-hybridized carbons (Fsp3) is 0.368. The van der Waals surface area contributed by atoms with Gasteiger partial charge in [0.05, 0.1) is 16.9 Å². The van der Waals surface area contributed by atoms with Gasteiger partial charge in [0.15, 0.2) is 17.3 Å². The summed E-state index contributed by atoms with van der Waals surface area (Å²) in [5, 5.41) is 0. The third-order valence-corrected chi connectivity index (χ3v) is 5.38. The number of carbonyl (C=O) groups is 2. The maximum absolute atomic E-state index is 12.9. The van der Waals surface area contributed by atoms with E-state index in [0.717, 1.165) is 18.4 Å². The number of halogens is 2. The van der Waals surface area contributed by atoms with Crippen molar-refractivity contribution in [3.05, 3.63) is 45.6 Å². The number of carbonyl (C=O) groups excluding carboxylic acids is 2. The first-order valence-corrected chi connectivity index (χ1v) is 9.24. The molecule has 5 nitrogen and oxygen atoms in total. The monoisotopic (exact) mass is 395 g/mol. The number of thiophene rings is 1. The summed E-state index contributed by atoms with van der Waals surface area (Å²) in [5.41, 5.74) is 0.747. The molecule has 1 aromatic heterocycles. The summed E-state index contributed by atoms with van der Waals surface area (Å²) < 4.78 is 34.5. The van der Waals surface area contributed by atoms with Gasteiger partial charge < -0.3 is 14.4 Å². The highest BCUT2D eigenvalue weighted by Gasteiger charge is 2.34. The quantitative estimate of drug-likeness (QED) is 0.623. The first kappa shape index (κ1) is 19.3. The highest BCUT2D eigenvalue weighted by Crippen LogP contribution is 2.34. The lowest BCUT2D eigenvalue weighted by molar-refractivity contribution is -0.0512. The molecule has 0 bridgehead atoms. The standard InChI is InChI=1S/C19H19F2NO4S/c1-11(23)16-7-8-17(27-16)18(24)22(13-4-5-13)10-12-3-6-14(26-19(20)21)15(9-12)25-2/h3,6-9,13,19H,4-5,10H2,1-2H3. The Labute approximate surface area is 159 Å². The van der Waals surface area contributed by atoms with Crippen molar-refractivity contribution in [3.8, 4) is 11.5 Å². The van der Waals surface area contributed by atoms with Crippen molar-refractivity contribution in [2.24, 2.45) is 0 Å². The molecule has 1 aliphatic rings. The Morgan fingerprint density at radius 2 is 1.89 bits per heavy atom. The van der Waals surface area contributed by atoms with Crippen molar-refractivity contribution in [2.45, 2.75) is 39.0 Å². The molecule has 0 saturated heterocycles. The predicted octanol–water partition coefficient (Wildman–Crippen LogP) is 4.37. The van der Waals surface area contributed by atoms with Crippen LogP contribution in [0.3, 0.4) is 0 Å². The number of nitrogens with zero attached hydrogens (tertiary/aromatic N) is 1. The van der Waals surface area contributed by atoms with Crippen molar-refractivity contribution in [2.75, 3.05) is 7.11 Å². The van der Waals surface area contributed by atoms with Crippen molar-refractivity contribution in [3.63, 3.8) is 0 Å². The highest BCUT2D eigenvalue weighted by atomic mass is 32.1. The molecule has 1 heterocycles. The molecular weight excluding hydrogens is 376 g/mol. The van der Waals surface area contributed by atoms with Gasteiger partial charge in [0.1, 0.15) is 0 Å². The number of hydrogen-bond donors (Lipinski definition) is 0. The largest absolute Gasteiger partial charge is 0.493 e. The molecule has 1 fully saturated rings. The lowest BCUT2D eigenvalue weighted by atomic mass is 10.1. The molecule has 0 atom stereocenters. The molecule has 0 aliphatic heterocycles. The van der Waals surface area contributed by atoms with E-state index in [2.05, 4.69) is 4.74 Å². The van der Waals surface area contributed by atoms with Crippen LogP contribution in [0.25, 0.3) is 0 Å². The van der Waals surface area contributed by atoms with Crippen LogP contribution in [0.5, 0.6) is 11.5 Å². The van der Waals surface area contributed by atoms with Gasteiger partial charge >= 0.3 is 6.61 Å². The van der Waals surface area contributed by atoms with Crippen LogP contribution in [0.1, 0.15) is 44.7 Å². The number of hydrogen-bond acceptors (Lipinski definition) is 5. The molecule has 144 valence electrons. The van der Waals surface area contributed by atoms with E-state index in [1.807, 2.05) is 0 Å². The van der Waals surface area contributed by atoms with Crippen molar-refractivity contribution < 1.29 is 27.8 Å². The van der Waals surface area contributed by atoms with Crippen LogP contribution in [0.4, 0.5) is 8.78 Å². The van der Waals surface area contributed by atoms with E-state index in [1.165, 1.54) is 31.4 Å². The zero-order valence-corrected chi connectivity index (χ0v) is 15.7. The predicted molar refractivity (Wildman–Crippen MR) is 96.8 cm³/mol.